The Kier molecular flexibility index (Phi) is 6.24. The second kappa shape index (κ2) is 9.09. The topological polar surface area (TPSA) is 138 Å². The molecule has 11 nitrogen and oxygen atoms in total. The van der Waals surface area contributed by atoms with E-state index >= 15 is 0 Å². The molecule has 2 N–H and O–H groups in total. The Bertz CT molecular complexity index is 1010. The fourth-order valence-corrected chi connectivity index (χ4v) is 4.75. The Morgan fingerprint density at radius 2 is 1.84 bits per heavy atom. The van der Waals surface area contributed by atoms with Gasteiger partial charge in [-0.3, -0.25) is 24.5 Å². The van der Waals surface area contributed by atoms with E-state index in [1.807, 2.05) is 0 Å². The van der Waals surface area contributed by atoms with Gasteiger partial charge >= 0.3 is 5.00 Å². The predicted octanol–water partition coefficient (Wildman–Crippen LogP) is 1.09. The third kappa shape index (κ3) is 4.36. The molecule has 4 heterocycles. The van der Waals surface area contributed by atoms with Gasteiger partial charge in [0, 0.05) is 37.6 Å². The highest BCUT2D eigenvalue weighted by molar-refractivity contribution is 7.13. The number of furan rings is 1. The molecule has 0 radical (unpaired) electrons. The zero-order chi connectivity index (χ0) is 22.7. The normalized spacial score (nSPS) is 18.2. The van der Waals surface area contributed by atoms with E-state index in [1.165, 1.54) is 17.7 Å². The molecule has 0 saturated carbocycles. The maximum atomic E-state index is 13.5. The van der Waals surface area contributed by atoms with Gasteiger partial charge in [-0.05, 0) is 38.1 Å². The first-order valence-corrected chi connectivity index (χ1v) is 11.2. The van der Waals surface area contributed by atoms with E-state index in [2.05, 4.69) is 10.6 Å². The van der Waals surface area contributed by atoms with Crippen LogP contribution in [0.25, 0.3) is 0 Å². The van der Waals surface area contributed by atoms with Gasteiger partial charge in [0.1, 0.15) is 5.54 Å². The minimum atomic E-state index is -1.09. The van der Waals surface area contributed by atoms with Crippen LogP contribution in [-0.4, -0.2) is 77.3 Å². The Labute approximate surface area is 187 Å². The summed E-state index contributed by atoms with van der Waals surface area (Å²) in [5.74, 6) is -0.652. The molecular weight excluding hydrogens is 438 g/mol. The second-order valence-electron chi connectivity index (χ2n) is 7.78. The van der Waals surface area contributed by atoms with Crippen molar-refractivity contribution in [3.8, 4) is 0 Å². The molecule has 0 atom stereocenters. The Hall–Kier alpha value is -3.25. The van der Waals surface area contributed by atoms with Crippen LogP contribution in [0.5, 0.6) is 0 Å². The molecule has 2 aliphatic rings. The van der Waals surface area contributed by atoms with Crippen LogP contribution in [0.15, 0.2) is 34.3 Å². The number of nitrogens with zero attached hydrogens (tertiary/aromatic N) is 3. The number of rotatable bonds is 5. The summed E-state index contributed by atoms with van der Waals surface area (Å²) in [5.41, 5.74) is -0.923. The molecule has 2 saturated heterocycles. The molecule has 0 bridgehead atoms. The van der Waals surface area contributed by atoms with Gasteiger partial charge in [0.15, 0.2) is 5.76 Å². The van der Waals surface area contributed by atoms with Crippen LogP contribution in [0.4, 0.5) is 5.00 Å². The Morgan fingerprint density at radius 3 is 2.44 bits per heavy atom. The molecule has 4 rings (SSSR count). The molecule has 170 valence electrons. The summed E-state index contributed by atoms with van der Waals surface area (Å²) in [4.78, 5) is 52.5. The minimum absolute atomic E-state index is 0.127. The summed E-state index contributed by atoms with van der Waals surface area (Å²) < 4.78 is 5.17. The van der Waals surface area contributed by atoms with Gasteiger partial charge in [-0.1, -0.05) is 11.3 Å². The van der Waals surface area contributed by atoms with Crippen LogP contribution in [-0.2, 0) is 4.79 Å². The number of carbonyl (C=O) groups excluding carboxylic acids is 3. The first-order chi connectivity index (χ1) is 15.4. The van der Waals surface area contributed by atoms with Crippen LogP contribution < -0.4 is 10.6 Å². The molecule has 2 aliphatic heterocycles. The summed E-state index contributed by atoms with van der Waals surface area (Å²) in [6.07, 6.45) is 2.27. The highest BCUT2D eigenvalue weighted by Crippen LogP contribution is 2.26. The fourth-order valence-electron chi connectivity index (χ4n) is 4.05. The smallest absolute Gasteiger partial charge is 0.324 e. The molecule has 3 amide bonds. The van der Waals surface area contributed by atoms with Crippen molar-refractivity contribution >= 4 is 34.1 Å². The van der Waals surface area contributed by atoms with Crippen LogP contribution in [0.3, 0.4) is 0 Å². The first kappa shape index (κ1) is 22.0. The minimum Gasteiger partial charge on any atom is -0.459 e. The van der Waals surface area contributed by atoms with Crippen LogP contribution in [0, 0.1) is 10.1 Å². The highest BCUT2D eigenvalue weighted by atomic mass is 32.1. The van der Waals surface area contributed by atoms with E-state index in [0.717, 1.165) is 11.3 Å². The number of nitro groups is 1. The van der Waals surface area contributed by atoms with Crippen molar-refractivity contribution in [2.75, 3.05) is 39.3 Å². The molecule has 0 spiro atoms. The maximum absolute atomic E-state index is 13.5. The van der Waals surface area contributed by atoms with E-state index in [0.29, 0.717) is 52.1 Å². The van der Waals surface area contributed by atoms with Crippen molar-refractivity contribution in [2.24, 2.45) is 0 Å². The zero-order valence-corrected chi connectivity index (χ0v) is 18.1. The van der Waals surface area contributed by atoms with E-state index < -0.39 is 16.4 Å². The van der Waals surface area contributed by atoms with Crippen LogP contribution in [0.2, 0.25) is 0 Å². The molecule has 12 heteroatoms. The zero-order valence-electron chi connectivity index (χ0n) is 17.2. The van der Waals surface area contributed by atoms with Gasteiger partial charge in [0.2, 0.25) is 5.91 Å². The molecule has 32 heavy (non-hydrogen) atoms. The summed E-state index contributed by atoms with van der Waals surface area (Å²) in [6.45, 7) is 2.55. The maximum Gasteiger partial charge on any atom is 0.324 e. The summed E-state index contributed by atoms with van der Waals surface area (Å²) in [6, 6.07) is 4.48. The van der Waals surface area contributed by atoms with Crippen LogP contribution in [0.1, 0.15) is 33.8 Å². The van der Waals surface area contributed by atoms with Crippen molar-refractivity contribution < 1.29 is 23.7 Å². The molecule has 0 unspecified atom stereocenters. The van der Waals surface area contributed by atoms with Gasteiger partial charge < -0.3 is 24.9 Å². The lowest BCUT2D eigenvalue weighted by Gasteiger charge is -2.43. The standard InChI is InChI=1S/C20H23N5O6S/c26-17(14-12-16(25(29)30)32-13-14)22-20(3-5-21-6-4-20)19(28)24-9-7-23(8-10-24)18(27)15-2-1-11-31-15/h1-2,11-13,21H,3-10H2,(H,22,26). The van der Waals surface area contributed by atoms with E-state index in [1.54, 1.807) is 21.9 Å². The Balaban J connectivity index is 1.44. The summed E-state index contributed by atoms with van der Waals surface area (Å²) in [5, 5.41) is 18.3. The predicted molar refractivity (Wildman–Crippen MR) is 114 cm³/mol. The highest BCUT2D eigenvalue weighted by Gasteiger charge is 2.44. The number of piperazine rings is 1. The lowest BCUT2D eigenvalue weighted by molar-refractivity contribution is -0.380. The third-order valence-electron chi connectivity index (χ3n) is 5.83. The van der Waals surface area contributed by atoms with Gasteiger partial charge in [-0.2, -0.15) is 0 Å². The Morgan fingerprint density at radius 1 is 1.16 bits per heavy atom. The largest absolute Gasteiger partial charge is 0.459 e. The van der Waals surface area contributed by atoms with Crippen molar-refractivity contribution in [1.29, 1.82) is 0 Å². The first-order valence-electron chi connectivity index (χ1n) is 10.3. The van der Waals surface area contributed by atoms with Crippen molar-refractivity contribution in [3.05, 3.63) is 51.3 Å². The third-order valence-corrected chi connectivity index (χ3v) is 6.71. The van der Waals surface area contributed by atoms with Gasteiger partial charge in [0.05, 0.1) is 16.7 Å². The fraction of sp³-hybridized carbons (Fsp3) is 0.450. The number of thiophene rings is 1. The number of carbonyl (C=O) groups is 3. The van der Waals surface area contributed by atoms with Crippen molar-refractivity contribution in [1.82, 2.24) is 20.4 Å². The molecule has 2 fully saturated rings. The molecule has 0 aromatic carbocycles. The average Bonchev–Trinajstić information content (AvgIpc) is 3.51. The molecular formula is C20H23N5O6S. The molecule has 0 aliphatic carbocycles. The van der Waals surface area contributed by atoms with E-state index in [-0.39, 0.29) is 28.1 Å². The number of hydrogen-bond acceptors (Lipinski definition) is 8. The van der Waals surface area contributed by atoms with Gasteiger partial charge in [0.25, 0.3) is 11.8 Å². The quantitative estimate of drug-likeness (QED) is 0.502. The van der Waals surface area contributed by atoms with Crippen molar-refractivity contribution in [3.63, 3.8) is 0 Å². The van der Waals surface area contributed by atoms with E-state index in [4.69, 9.17) is 4.42 Å². The molecule has 2 aromatic rings. The van der Waals surface area contributed by atoms with Crippen LogP contribution >= 0.6 is 11.3 Å². The average molecular weight is 462 g/mol. The monoisotopic (exact) mass is 461 g/mol. The number of amides is 3. The van der Waals surface area contributed by atoms with Gasteiger partial charge in [-0.15, -0.1) is 0 Å². The summed E-state index contributed by atoms with van der Waals surface area (Å²) in [7, 11) is 0. The van der Waals surface area contributed by atoms with Crippen molar-refractivity contribution in [2.45, 2.75) is 18.4 Å². The van der Waals surface area contributed by atoms with Gasteiger partial charge in [-0.25, -0.2) is 0 Å². The SMILES string of the molecule is O=C(NC1(C(=O)N2CCN(C(=O)c3ccco3)CC2)CCNCC1)c1csc([N+](=O)[O-])c1. The lowest BCUT2D eigenvalue weighted by Crippen LogP contribution is -2.65. The second-order valence-corrected chi connectivity index (χ2v) is 8.67. The summed E-state index contributed by atoms with van der Waals surface area (Å²) >= 11 is 0.872. The van der Waals surface area contributed by atoms with E-state index in [9.17, 15) is 24.5 Å². The number of hydrogen-bond donors (Lipinski definition) is 2. The lowest BCUT2D eigenvalue weighted by atomic mass is 9.86. The molecule has 2 aromatic heterocycles. The number of piperidine rings is 1. The number of nitrogens with one attached hydrogen (secondary N) is 2.